The largest absolute Gasteiger partial charge is 0.469 e. The van der Waals surface area contributed by atoms with Crippen molar-refractivity contribution in [2.24, 2.45) is 0 Å². The second-order valence-corrected chi connectivity index (χ2v) is 6.84. The number of carbonyl (C=O) groups excluding carboxylic acids is 1. The van der Waals surface area contributed by atoms with Gasteiger partial charge in [0.15, 0.2) is 0 Å². The third-order valence-corrected chi connectivity index (χ3v) is 4.61. The van der Waals surface area contributed by atoms with Crippen molar-refractivity contribution in [2.45, 2.75) is 84.0 Å². The first kappa shape index (κ1) is 21.5. The fourth-order valence-corrected chi connectivity index (χ4v) is 2.94. The Balaban J connectivity index is 2.07. The molecule has 0 saturated heterocycles. The van der Waals surface area contributed by atoms with E-state index >= 15 is 0 Å². The molecule has 2 heteroatoms. The van der Waals surface area contributed by atoms with E-state index in [-0.39, 0.29) is 5.97 Å². The van der Waals surface area contributed by atoms with E-state index in [0.717, 1.165) is 6.42 Å². The normalized spacial score (nSPS) is 11.1. The van der Waals surface area contributed by atoms with Crippen molar-refractivity contribution in [1.82, 2.24) is 0 Å². The lowest BCUT2D eigenvalue weighted by atomic mass is 10.1. The number of methoxy groups -OCH3 is 1. The number of rotatable bonds is 14. The van der Waals surface area contributed by atoms with Crippen molar-refractivity contribution in [3.05, 3.63) is 41.5 Å². The number of carbonyl (C=O) groups is 1. The summed E-state index contributed by atoms with van der Waals surface area (Å²) < 4.78 is 4.67. The topological polar surface area (TPSA) is 26.3 Å². The van der Waals surface area contributed by atoms with Gasteiger partial charge in [0.2, 0.25) is 0 Å². The van der Waals surface area contributed by atoms with E-state index in [1.165, 1.54) is 82.4 Å². The fraction of sp³-hybridized carbons (Fsp3) is 0.609. The summed E-state index contributed by atoms with van der Waals surface area (Å²) >= 11 is 0. The van der Waals surface area contributed by atoms with Gasteiger partial charge >= 0.3 is 5.97 Å². The van der Waals surface area contributed by atoms with Crippen molar-refractivity contribution >= 4 is 12.0 Å². The van der Waals surface area contributed by atoms with Crippen LogP contribution in [0.1, 0.15) is 88.7 Å². The predicted octanol–water partition coefficient (Wildman–Crippen LogP) is 6.73. The van der Waals surface area contributed by atoms with Crippen LogP contribution in [-0.2, 0) is 16.0 Å². The van der Waals surface area contributed by atoms with Crippen LogP contribution in [0.5, 0.6) is 0 Å². The molecule has 0 amide bonds. The number of ether oxygens (including phenoxy) is 1. The molecule has 0 N–H and O–H groups in total. The van der Waals surface area contributed by atoms with Gasteiger partial charge in [0.25, 0.3) is 0 Å². The summed E-state index contributed by atoms with van der Waals surface area (Å²) in [5, 5.41) is 0. The zero-order valence-electron chi connectivity index (χ0n) is 16.3. The summed E-state index contributed by atoms with van der Waals surface area (Å²) in [5.41, 5.74) is 2.42. The van der Waals surface area contributed by atoms with Gasteiger partial charge in [-0.2, -0.15) is 0 Å². The third-order valence-electron chi connectivity index (χ3n) is 4.61. The highest BCUT2D eigenvalue weighted by molar-refractivity contribution is 5.69. The first-order valence-corrected chi connectivity index (χ1v) is 10.1. The second kappa shape index (κ2) is 14.7. The van der Waals surface area contributed by atoms with Crippen molar-refractivity contribution < 1.29 is 9.53 Å². The molecule has 0 bridgehead atoms. The molecule has 0 aliphatic carbocycles. The Kier molecular flexibility index (Phi) is 12.7. The summed E-state index contributed by atoms with van der Waals surface area (Å²) in [6.45, 7) is 2.27. The summed E-state index contributed by atoms with van der Waals surface area (Å²) in [4.78, 5) is 11.1. The van der Waals surface area contributed by atoms with E-state index in [0.29, 0.717) is 6.42 Å². The molecule has 1 rings (SSSR count). The number of hydrogen-bond acceptors (Lipinski definition) is 2. The van der Waals surface area contributed by atoms with Crippen LogP contribution in [0.2, 0.25) is 0 Å². The Morgan fingerprint density at radius 2 is 1.52 bits per heavy atom. The van der Waals surface area contributed by atoms with Crippen molar-refractivity contribution in [1.29, 1.82) is 0 Å². The maximum absolute atomic E-state index is 11.1. The maximum atomic E-state index is 11.1. The zero-order chi connectivity index (χ0) is 18.2. The highest BCUT2D eigenvalue weighted by Gasteiger charge is 2.00. The molecule has 0 unspecified atom stereocenters. The van der Waals surface area contributed by atoms with Gasteiger partial charge in [-0.1, -0.05) is 94.7 Å². The summed E-state index contributed by atoms with van der Waals surface area (Å²) in [5.74, 6) is -0.148. The first-order valence-electron chi connectivity index (χ1n) is 10.1. The van der Waals surface area contributed by atoms with Crippen molar-refractivity contribution in [3.8, 4) is 0 Å². The number of esters is 1. The summed E-state index contributed by atoms with van der Waals surface area (Å²) in [6, 6.07) is 8.45. The molecule has 0 aliphatic heterocycles. The van der Waals surface area contributed by atoms with Gasteiger partial charge in [0.05, 0.1) is 7.11 Å². The van der Waals surface area contributed by atoms with E-state index in [9.17, 15) is 4.79 Å². The predicted molar refractivity (Wildman–Crippen MR) is 108 cm³/mol. The van der Waals surface area contributed by atoms with Crippen LogP contribution in [-0.4, -0.2) is 13.1 Å². The van der Waals surface area contributed by atoms with Gasteiger partial charge < -0.3 is 4.74 Å². The molecule has 2 nitrogen and oxygen atoms in total. The van der Waals surface area contributed by atoms with Crippen LogP contribution in [0.4, 0.5) is 0 Å². The standard InChI is InChI=1S/C23H36O2/c1-3-4-5-6-7-8-9-10-11-12-13-14-21-15-17-22(18-16-21)19-20-23(24)25-2/h13-18H,3-12,19-20H2,1-2H3/b14-13+. The van der Waals surface area contributed by atoms with Crippen LogP contribution in [0.3, 0.4) is 0 Å². The molecule has 0 spiro atoms. The van der Waals surface area contributed by atoms with Crippen LogP contribution >= 0.6 is 0 Å². The van der Waals surface area contributed by atoms with Crippen molar-refractivity contribution in [3.63, 3.8) is 0 Å². The average molecular weight is 345 g/mol. The minimum atomic E-state index is -0.148. The minimum absolute atomic E-state index is 0.148. The van der Waals surface area contributed by atoms with Crippen molar-refractivity contribution in [2.75, 3.05) is 7.11 Å². The quantitative estimate of drug-likeness (QED) is 0.276. The Labute approximate surface area is 154 Å². The molecule has 0 heterocycles. The molecule has 0 saturated carbocycles. The Morgan fingerprint density at radius 3 is 2.12 bits per heavy atom. The van der Waals surface area contributed by atoms with Gasteiger partial charge in [-0.25, -0.2) is 0 Å². The molecule has 0 aromatic heterocycles. The Hall–Kier alpha value is -1.57. The SMILES string of the molecule is CCCCCCCCCCC/C=C/c1ccc(CCC(=O)OC)cc1. The van der Waals surface area contributed by atoms with E-state index in [1.54, 1.807) is 0 Å². The van der Waals surface area contributed by atoms with E-state index in [4.69, 9.17) is 0 Å². The highest BCUT2D eigenvalue weighted by atomic mass is 16.5. The third kappa shape index (κ3) is 11.6. The van der Waals surface area contributed by atoms with Crippen LogP contribution < -0.4 is 0 Å². The average Bonchev–Trinajstić information content (AvgIpc) is 2.65. The Morgan fingerprint density at radius 1 is 0.920 bits per heavy atom. The van der Waals surface area contributed by atoms with Crippen LogP contribution in [0, 0.1) is 0 Å². The zero-order valence-corrected chi connectivity index (χ0v) is 16.3. The number of unbranched alkanes of at least 4 members (excludes halogenated alkanes) is 9. The van der Waals surface area contributed by atoms with Gasteiger partial charge in [0.1, 0.15) is 0 Å². The summed E-state index contributed by atoms with van der Waals surface area (Å²) in [7, 11) is 1.43. The molecule has 0 fully saturated rings. The number of allylic oxidation sites excluding steroid dienone is 1. The maximum Gasteiger partial charge on any atom is 0.305 e. The lowest BCUT2D eigenvalue weighted by Gasteiger charge is -2.02. The fourth-order valence-electron chi connectivity index (χ4n) is 2.94. The molecule has 140 valence electrons. The van der Waals surface area contributed by atoms with E-state index < -0.39 is 0 Å². The molecule has 25 heavy (non-hydrogen) atoms. The van der Waals surface area contributed by atoms with Crippen LogP contribution in [0.25, 0.3) is 6.08 Å². The molecule has 1 aromatic carbocycles. The molecule has 0 aliphatic rings. The monoisotopic (exact) mass is 344 g/mol. The van der Waals surface area contributed by atoms with E-state index in [1.807, 2.05) is 0 Å². The number of aryl methyl sites for hydroxylation is 1. The van der Waals surface area contributed by atoms with Gasteiger partial charge in [-0.3, -0.25) is 4.79 Å². The molecular weight excluding hydrogens is 308 g/mol. The minimum Gasteiger partial charge on any atom is -0.469 e. The van der Waals surface area contributed by atoms with Gasteiger partial charge in [-0.15, -0.1) is 0 Å². The highest BCUT2D eigenvalue weighted by Crippen LogP contribution is 2.12. The smallest absolute Gasteiger partial charge is 0.305 e. The summed E-state index contributed by atoms with van der Waals surface area (Å²) in [6.07, 6.45) is 19.3. The first-order chi connectivity index (χ1) is 12.3. The van der Waals surface area contributed by atoms with E-state index in [2.05, 4.69) is 48.1 Å². The number of hydrogen-bond donors (Lipinski definition) is 0. The van der Waals surface area contributed by atoms with Gasteiger partial charge in [-0.05, 0) is 30.4 Å². The van der Waals surface area contributed by atoms with Gasteiger partial charge in [0, 0.05) is 6.42 Å². The molecular formula is C23H36O2. The molecule has 1 aromatic rings. The Bertz CT molecular complexity index is 473. The second-order valence-electron chi connectivity index (χ2n) is 6.84. The molecule has 0 atom stereocenters. The lowest BCUT2D eigenvalue weighted by Crippen LogP contribution is -2.01. The van der Waals surface area contributed by atoms with Crippen LogP contribution in [0.15, 0.2) is 30.3 Å². The lowest BCUT2D eigenvalue weighted by molar-refractivity contribution is -0.140. The molecule has 0 radical (unpaired) electrons. The number of benzene rings is 1.